The van der Waals surface area contributed by atoms with Crippen molar-refractivity contribution in [1.29, 1.82) is 0 Å². The minimum Gasteiger partial charge on any atom is -0.0776 e. The van der Waals surface area contributed by atoms with E-state index in [0.29, 0.717) is 0 Å². The second-order valence-corrected chi connectivity index (χ2v) is 2.41. The number of hydrogen-bond donors (Lipinski definition) is 0. The minimum atomic E-state index is 0. The molecule has 0 atom stereocenters. The topological polar surface area (TPSA) is 0 Å². The van der Waals surface area contributed by atoms with E-state index in [-0.39, 0.29) is 14.9 Å². The molecule has 0 radical (unpaired) electrons. The molecule has 0 unspecified atom stereocenters. The maximum absolute atomic E-state index is 2.18. The number of hydrogen-bond acceptors (Lipinski definition) is 0. The highest BCUT2D eigenvalue weighted by atomic mass is 13.6. The van der Waals surface area contributed by atoms with Crippen LogP contribution in [0, 0.1) is 0 Å². The summed E-state index contributed by atoms with van der Waals surface area (Å²) in [6.07, 6.45) is 5.14. The van der Waals surface area contributed by atoms with Crippen LogP contribution in [0.25, 0.3) is 0 Å². The van der Waals surface area contributed by atoms with Gasteiger partial charge in [-0.2, -0.15) is 0 Å². The van der Waals surface area contributed by atoms with Gasteiger partial charge < -0.3 is 0 Å². The average Bonchev–Trinajstić information content (AvgIpc) is 2.26. The zero-order chi connectivity index (χ0) is 12.8. The van der Waals surface area contributed by atoms with Gasteiger partial charge >= 0.3 is 0 Å². The Morgan fingerprint density at radius 1 is 0.438 bits per heavy atom. The van der Waals surface area contributed by atoms with E-state index in [9.17, 15) is 0 Å². The maximum atomic E-state index is 2.18. The van der Waals surface area contributed by atoms with Crippen LogP contribution in [0.1, 0.15) is 110 Å². The second kappa shape index (κ2) is 184. The first-order valence-corrected chi connectivity index (χ1v) is 6.74. The summed E-state index contributed by atoms with van der Waals surface area (Å²) in [5.41, 5.74) is 0. The first-order chi connectivity index (χ1) is 6.74. The lowest BCUT2D eigenvalue weighted by molar-refractivity contribution is 0.886. The van der Waals surface area contributed by atoms with Gasteiger partial charge in [-0.3, -0.25) is 0 Å². The predicted octanol–water partition coefficient (Wildman–Crippen LogP) is 7.96. The Labute approximate surface area is 110 Å². The maximum Gasteiger partial charge on any atom is -0.0564 e. The molecule has 16 heavy (non-hydrogen) atoms. The average molecular weight is 239 g/mol. The summed E-state index contributed by atoms with van der Waals surface area (Å²) in [5.74, 6) is 0. The van der Waals surface area contributed by atoms with Gasteiger partial charge in [0.25, 0.3) is 0 Å². The fraction of sp³-hybridized carbons (Fsp3) is 1.00. The molecule has 0 aromatic carbocycles. The molecule has 0 bridgehead atoms. The Balaban J connectivity index is -0.0000000126. The molecule has 0 heterocycles. The second-order valence-electron chi connectivity index (χ2n) is 2.41. The molecule has 0 nitrogen and oxygen atoms in total. The molecule has 0 spiro atoms. The molecule has 0 aromatic heterocycles. The van der Waals surface area contributed by atoms with E-state index in [4.69, 9.17) is 0 Å². The third-order valence-electron chi connectivity index (χ3n) is 0.500. The Morgan fingerprint density at radius 2 is 0.500 bits per heavy atom. The van der Waals surface area contributed by atoms with Gasteiger partial charge in [0.05, 0.1) is 0 Å². The van der Waals surface area contributed by atoms with Crippen molar-refractivity contribution >= 4 is 0 Å². The molecule has 0 N–H and O–H groups in total. The number of rotatable bonds is 1. The molecule has 0 saturated heterocycles. The van der Waals surface area contributed by atoms with Crippen molar-refractivity contribution < 1.29 is 0 Å². The summed E-state index contributed by atoms with van der Waals surface area (Å²) in [4.78, 5) is 0. The third-order valence-corrected chi connectivity index (χ3v) is 0.500. The van der Waals surface area contributed by atoms with E-state index < -0.39 is 0 Å². The summed E-state index contributed by atoms with van der Waals surface area (Å²) in [6, 6.07) is 0. The van der Waals surface area contributed by atoms with Gasteiger partial charge in [-0.1, -0.05) is 110 Å². The molecule has 0 aliphatic carbocycles. The Morgan fingerprint density at radius 3 is 0.500 bits per heavy atom. The molecule has 0 amide bonds. The minimum absolute atomic E-state index is 0. The van der Waals surface area contributed by atoms with Gasteiger partial charge in [-0.15, -0.1) is 0 Å². The lowest BCUT2D eigenvalue weighted by Gasteiger charge is -1.68. The first-order valence-electron chi connectivity index (χ1n) is 6.74. The largest absolute Gasteiger partial charge is 0.0776 e. The van der Waals surface area contributed by atoms with Gasteiger partial charge in [0.1, 0.15) is 0 Å². The van der Waals surface area contributed by atoms with Gasteiger partial charge in [-0.25, -0.2) is 0 Å². The van der Waals surface area contributed by atoms with Crippen LogP contribution in [0.4, 0.5) is 0 Å². The quantitative estimate of drug-likeness (QED) is 0.434. The van der Waals surface area contributed by atoms with E-state index >= 15 is 0 Å². The van der Waals surface area contributed by atoms with E-state index in [1.54, 1.807) is 0 Å². The summed E-state index contributed by atoms with van der Waals surface area (Å²) >= 11 is 0. The van der Waals surface area contributed by atoms with Gasteiger partial charge in [0, 0.05) is 0 Å². The van der Waals surface area contributed by atoms with Crippen LogP contribution in [0.2, 0.25) is 0 Å². The molecule has 0 saturated carbocycles. The molecule has 110 valence electrons. The molecular weight excluding hydrogens is 192 g/mol. The normalized spacial score (nSPS) is 4.88. The number of unbranched alkanes of at least 4 members (excludes halogenated alkanes) is 1. The van der Waals surface area contributed by atoms with Gasteiger partial charge in [0.15, 0.2) is 0 Å². The Kier molecular flexibility index (Phi) is 510. The zero-order valence-corrected chi connectivity index (χ0v) is 12.8. The van der Waals surface area contributed by atoms with Crippen molar-refractivity contribution in [1.82, 2.24) is 0 Å². The van der Waals surface area contributed by atoms with Crippen LogP contribution in [-0.2, 0) is 0 Å². The highest BCUT2D eigenvalue weighted by molar-refractivity contribution is 4.12. The summed E-state index contributed by atoms with van der Waals surface area (Å²) in [5, 5.41) is 0. The Hall–Kier alpha value is 0. The van der Waals surface area contributed by atoms with Crippen LogP contribution in [0.15, 0.2) is 0 Å². The van der Waals surface area contributed by atoms with E-state index in [2.05, 4.69) is 41.5 Å². The van der Waals surface area contributed by atoms with Crippen LogP contribution < -0.4 is 0 Å². The molecule has 0 aromatic rings. The standard InChI is InChI=1S/C4H10.2C3H8.2C2H6.2CH4/c1-3-4-2;2*1-3-2;2*1-2;;/h3-4H2,1-2H3;2*3H2,1-2H3;2*1-2H3;2*1H4. The first kappa shape index (κ1) is 44.4. The highest BCUT2D eigenvalue weighted by Crippen LogP contribution is 1.76. The van der Waals surface area contributed by atoms with Crippen molar-refractivity contribution in [3.05, 3.63) is 0 Å². The lowest BCUT2D eigenvalue weighted by Crippen LogP contribution is -1.47. The van der Waals surface area contributed by atoms with Crippen LogP contribution in [-0.4, -0.2) is 0 Å². The van der Waals surface area contributed by atoms with Crippen LogP contribution in [0.3, 0.4) is 0 Å². The molecule has 0 rings (SSSR count). The lowest BCUT2D eigenvalue weighted by atomic mass is 10.4. The van der Waals surface area contributed by atoms with Gasteiger partial charge in [0.2, 0.25) is 0 Å². The molecule has 0 heteroatoms. The molecule has 0 aliphatic heterocycles. The SMILES string of the molecule is C.C.CC.CC.CCC.CCC.CCCC. The van der Waals surface area contributed by atoms with Crippen LogP contribution in [0.5, 0.6) is 0 Å². The fourth-order valence-electron chi connectivity index (χ4n) is 0. The molecule has 0 fully saturated rings. The summed E-state index contributed by atoms with van der Waals surface area (Å²) < 4.78 is 0. The smallest absolute Gasteiger partial charge is 0.0564 e. The third kappa shape index (κ3) is 2370. The van der Waals surface area contributed by atoms with Crippen molar-refractivity contribution in [2.24, 2.45) is 0 Å². The van der Waals surface area contributed by atoms with Crippen molar-refractivity contribution in [2.45, 2.75) is 110 Å². The predicted molar refractivity (Wildman–Crippen MR) is 88.7 cm³/mol. The van der Waals surface area contributed by atoms with Crippen molar-refractivity contribution in [2.75, 3.05) is 0 Å². The fourth-order valence-corrected chi connectivity index (χ4v) is 0. The van der Waals surface area contributed by atoms with Crippen molar-refractivity contribution in [3.63, 3.8) is 0 Å². The van der Waals surface area contributed by atoms with Crippen LogP contribution >= 0.6 is 0 Å². The van der Waals surface area contributed by atoms with E-state index in [1.807, 2.05) is 27.7 Å². The summed E-state index contributed by atoms with van der Waals surface area (Å²) in [6.45, 7) is 20.9. The molecular formula is C16H46. The van der Waals surface area contributed by atoms with E-state index in [0.717, 1.165) is 0 Å². The van der Waals surface area contributed by atoms with E-state index in [1.165, 1.54) is 25.7 Å². The Bertz CT molecular complexity index is 12.0. The van der Waals surface area contributed by atoms with Crippen molar-refractivity contribution in [3.8, 4) is 0 Å². The van der Waals surface area contributed by atoms with Gasteiger partial charge in [-0.05, 0) is 0 Å². The summed E-state index contributed by atoms with van der Waals surface area (Å²) in [7, 11) is 0. The highest BCUT2D eigenvalue weighted by Gasteiger charge is 1.56. The molecule has 0 aliphatic rings. The zero-order valence-electron chi connectivity index (χ0n) is 12.8. The monoisotopic (exact) mass is 238 g/mol.